The summed E-state index contributed by atoms with van der Waals surface area (Å²) < 4.78 is 51.2. The molecule has 136 valence electrons. The van der Waals surface area contributed by atoms with Crippen molar-refractivity contribution in [3.05, 3.63) is 12.4 Å². The van der Waals surface area contributed by atoms with Crippen molar-refractivity contribution < 1.29 is 31.9 Å². The van der Waals surface area contributed by atoms with Gasteiger partial charge in [-0.2, -0.15) is 9.40 Å². The van der Waals surface area contributed by atoms with Crippen LogP contribution in [0.4, 0.5) is 8.78 Å². The van der Waals surface area contributed by atoms with E-state index >= 15 is 0 Å². The van der Waals surface area contributed by atoms with Gasteiger partial charge in [0.2, 0.25) is 15.9 Å². The predicted molar refractivity (Wildman–Crippen MR) is 77.9 cm³/mol. The number of rotatable bonds is 9. The summed E-state index contributed by atoms with van der Waals surface area (Å²) in [5.41, 5.74) is 0. The number of halogens is 2. The van der Waals surface area contributed by atoms with Gasteiger partial charge in [-0.05, 0) is 6.92 Å². The Bertz CT molecular complexity index is 691. The Kier molecular flexibility index (Phi) is 6.78. The van der Waals surface area contributed by atoms with Crippen molar-refractivity contribution in [2.75, 3.05) is 13.1 Å². The molecule has 1 unspecified atom stereocenters. The molecule has 1 amide bonds. The van der Waals surface area contributed by atoms with Gasteiger partial charge in [0.1, 0.15) is 17.5 Å². The summed E-state index contributed by atoms with van der Waals surface area (Å²) in [6.07, 6.45) is -0.937. The van der Waals surface area contributed by atoms with Crippen LogP contribution in [-0.4, -0.2) is 65.0 Å². The second kappa shape index (κ2) is 8.15. The van der Waals surface area contributed by atoms with Gasteiger partial charge in [-0.15, -0.1) is 0 Å². The van der Waals surface area contributed by atoms with Gasteiger partial charge < -0.3 is 10.4 Å². The van der Waals surface area contributed by atoms with E-state index in [0.717, 1.165) is 24.0 Å². The first-order valence-corrected chi connectivity index (χ1v) is 8.29. The maximum absolute atomic E-state index is 12.6. The Balaban J connectivity index is 3.06. The van der Waals surface area contributed by atoms with Gasteiger partial charge >= 0.3 is 5.97 Å². The number of aromatic nitrogens is 2. The number of carboxylic acid groups (broad SMARTS) is 1. The Morgan fingerprint density at radius 3 is 2.58 bits per heavy atom. The van der Waals surface area contributed by atoms with E-state index in [1.54, 1.807) is 0 Å². The second-order valence-electron chi connectivity index (χ2n) is 4.90. The van der Waals surface area contributed by atoms with E-state index in [0.29, 0.717) is 4.31 Å². The number of carbonyl (C=O) groups is 2. The lowest BCUT2D eigenvalue weighted by Crippen LogP contribution is -2.46. The van der Waals surface area contributed by atoms with E-state index in [4.69, 9.17) is 5.11 Å². The highest BCUT2D eigenvalue weighted by Crippen LogP contribution is 2.18. The van der Waals surface area contributed by atoms with Gasteiger partial charge in [-0.25, -0.2) is 17.2 Å². The number of alkyl halides is 2. The smallest absolute Gasteiger partial charge is 0.321 e. The molecule has 0 radical (unpaired) electrons. The van der Waals surface area contributed by atoms with Gasteiger partial charge in [0.15, 0.2) is 0 Å². The van der Waals surface area contributed by atoms with Crippen molar-refractivity contribution in [1.29, 1.82) is 0 Å². The molecule has 0 aliphatic heterocycles. The topological polar surface area (TPSA) is 122 Å². The molecule has 1 aromatic rings. The molecule has 0 fully saturated rings. The molecule has 0 aliphatic carbocycles. The number of carbonyl (C=O) groups excluding carboxylic acids is 1. The van der Waals surface area contributed by atoms with Crippen LogP contribution in [0, 0.1) is 0 Å². The fourth-order valence-corrected chi connectivity index (χ4v) is 3.39. The van der Waals surface area contributed by atoms with Gasteiger partial charge in [0.05, 0.1) is 6.20 Å². The molecule has 24 heavy (non-hydrogen) atoms. The molecule has 12 heteroatoms. The average molecular weight is 368 g/mol. The average Bonchev–Trinajstić information content (AvgIpc) is 2.90. The number of amides is 1. The number of hydrogen-bond acceptors (Lipinski definition) is 5. The van der Waals surface area contributed by atoms with Gasteiger partial charge in [0.25, 0.3) is 6.43 Å². The summed E-state index contributed by atoms with van der Waals surface area (Å²) in [5, 5.41) is 15.0. The molecular formula is C12H18F2N4O5S. The van der Waals surface area contributed by atoms with Crippen molar-refractivity contribution in [2.24, 2.45) is 0 Å². The first-order chi connectivity index (χ1) is 11.1. The highest BCUT2D eigenvalue weighted by molar-refractivity contribution is 7.89. The number of sulfonamides is 1. The molecule has 9 nitrogen and oxygen atoms in total. The fraction of sp³-hybridized carbons (Fsp3) is 0.583. The molecule has 0 spiro atoms. The summed E-state index contributed by atoms with van der Waals surface area (Å²) in [7, 11) is -4.29. The van der Waals surface area contributed by atoms with Crippen molar-refractivity contribution in [1.82, 2.24) is 19.4 Å². The minimum absolute atomic E-state index is 0.0998. The first kappa shape index (κ1) is 20.0. The number of nitrogens with zero attached hydrogens (tertiary/aromatic N) is 3. The third-order valence-corrected chi connectivity index (χ3v) is 4.96. The van der Waals surface area contributed by atoms with Gasteiger partial charge in [-0.3, -0.25) is 14.3 Å². The van der Waals surface area contributed by atoms with Crippen LogP contribution in [0.3, 0.4) is 0 Å². The SMILES string of the molecule is CC(=O)NCCN(C(C)C(=O)O)S(=O)(=O)c1cnn(CC(F)F)c1. The van der Waals surface area contributed by atoms with E-state index in [1.165, 1.54) is 6.92 Å². The quantitative estimate of drug-likeness (QED) is 0.620. The predicted octanol–water partition coefficient (Wildman–Crippen LogP) is -0.252. The van der Waals surface area contributed by atoms with Crippen LogP contribution in [-0.2, 0) is 26.2 Å². The van der Waals surface area contributed by atoms with E-state index in [2.05, 4.69) is 10.4 Å². The molecule has 1 heterocycles. The number of nitrogens with one attached hydrogen (secondary N) is 1. The highest BCUT2D eigenvalue weighted by atomic mass is 32.2. The zero-order chi connectivity index (χ0) is 18.5. The van der Waals surface area contributed by atoms with E-state index < -0.39 is 45.8 Å². The Morgan fingerprint density at radius 1 is 1.46 bits per heavy atom. The second-order valence-corrected chi connectivity index (χ2v) is 6.79. The lowest BCUT2D eigenvalue weighted by atomic mass is 10.3. The maximum atomic E-state index is 12.6. The van der Waals surface area contributed by atoms with Crippen molar-refractivity contribution in [2.45, 2.75) is 37.8 Å². The number of carboxylic acids is 1. The van der Waals surface area contributed by atoms with Crippen molar-refractivity contribution >= 4 is 21.9 Å². The molecule has 0 saturated heterocycles. The van der Waals surface area contributed by atoms with E-state index in [1.807, 2.05) is 0 Å². The summed E-state index contributed by atoms with van der Waals surface area (Å²) in [4.78, 5) is 21.6. The Morgan fingerprint density at radius 2 is 2.08 bits per heavy atom. The third-order valence-electron chi connectivity index (χ3n) is 3.04. The molecular weight excluding hydrogens is 350 g/mol. The van der Waals surface area contributed by atoms with Crippen LogP contribution in [0.25, 0.3) is 0 Å². The lowest BCUT2D eigenvalue weighted by molar-refractivity contribution is -0.140. The van der Waals surface area contributed by atoms with Crippen LogP contribution in [0.15, 0.2) is 17.3 Å². The number of aliphatic carboxylic acids is 1. The zero-order valence-electron chi connectivity index (χ0n) is 13.0. The Labute approximate surface area is 137 Å². The minimum atomic E-state index is -4.29. The lowest BCUT2D eigenvalue weighted by Gasteiger charge is -2.25. The zero-order valence-corrected chi connectivity index (χ0v) is 13.8. The molecule has 1 atom stereocenters. The standard InChI is InChI=1S/C12H18F2N4O5S/c1-8(12(20)21)18(4-3-15-9(2)19)24(22,23)10-5-16-17(6-10)7-11(13)14/h5-6,8,11H,3-4,7H2,1-2H3,(H,15,19)(H,20,21). The van der Waals surface area contributed by atoms with Crippen LogP contribution < -0.4 is 5.32 Å². The maximum Gasteiger partial charge on any atom is 0.321 e. The van der Waals surface area contributed by atoms with Crippen molar-refractivity contribution in [3.8, 4) is 0 Å². The summed E-state index contributed by atoms with van der Waals surface area (Å²) in [6.45, 7) is 1.22. The van der Waals surface area contributed by atoms with Crippen molar-refractivity contribution in [3.63, 3.8) is 0 Å². The Hall–Kier alpha value is -2.08. The molecule has 0 aliphatic rings. The highest BCUT2D eigenvalue weighted by Gasteiger charge is 2.33. The fourth-order valence-electron chi connectivity index (χ4n) is 1.84. The molecule has 1 rings (SSSR count). The van der Waals surface area contributed by atoms with Crippen LogP contribution in [0.2, 0.25) is 0 Å². The van der Waals surface area contributed by atoms with E-state index in [9.17, 15) is 26.8 Å². The first-order valence-electron chi connectivity index (χ1n) is 6.85. The number of hydrogen-bond donors (Lipinski definition) is 2. The third kappa shape index (κ3) is 5.23. The largest absolute Gasteiger partial charge is 0.480 e. The van der Waals surface area contributed by atoms with E-state index in [-0.39, 0.29) is 13.1 Å². The molecule has 0 bridgehead atoms. The minimum Gasteiger partial charge on any atom is -0.480 e. The summed E-state index contributed by atoms with van der Waals surface area (Å²) in [5.74, 6) is -1.79. The normalized spacial score (nSPS) is 13.2. The van der Waals surface area contributed by atoms with Crippen LogP contribution in [0.5, 0.6) is 0 Å². The molecule has 2 N–H and O–H groups in total. The van der Waals surface area contributed by atoms with Gasteiger partial charge in [-0.1, -0.05) is 0 Å². The molecule has 1 aromatic heterocycles. The van der Waals surface area contributed by atoms with Crippen LogP contribution >= 0.6 is 0 Å². The van der Waals surface area contributed by atoms with Crippen LogP contribution in [0.1, 0.15) is 13.8 Å². The monoisotopic (exact) mass is 368 g/mol. The van der Waals surface area contributed by atoms with Gasteiger partial charge in [0, 0.05) is 26.2 Å². The molecule has 0 saturated carbocycles. The summed E-state index contributed by atoms with van der Waals surface area (Å²) >= 11 is 0. The summed E-state index contributed by atoms with van der Waals surface area (Å²) in [6, 6.07) is -1.41. The molecule has 0 aromatic carbocycles.